The maximum absolute atomic E-state index is 14.9. The molecule has 7 heteroatoms. The molecular weight excluding hydrogens is 345 g/mol. The molecular formula is C20H20FN5O. The highest BCUT2D eigenvalue weighted by Gasteiger charge is 2.29. The summed E-state index contributed by atoms with van der Waals surface area (Å²) in [5.74, 6) is -0.248. The number of anilines is 1. The predicted octanol–water partition coefficient (Wildman–Crippen LogP) is 3.57. The van der Waals surface area contributed by atoms with Gasteiger partial charge in [-0.1, -0.05) is 0 Å². The first-order chi connectivity index (χ1) is 13.0. The predicted molar refractivity (Wildman–Crippen MR) is 99.7 cm³/mol. The van der Waals surface area contributed by atoms with E-state index in [1.165, 1.54) is 23.5 Å². The molecule has 2 heterocycles. The summed E-state index contributed by atoms with van der Waals surface area (Å²) in [7, 11) is 1.61. The van der Waals surface area contributed by atoms with Gasteiger partial charge in [0.2, 0.25) is 0 Å². The van der Waals surface area contributed by atoms with Crippen LogP contribution in [0.1, 0.15) is 46.2 Å². The molecule has 1 aromatic carbocycles. The first-order valence-corrected chi connectivity index (χ1v) is 8.87. The van der Waals surface area contributed by atoms with E-state index in [4.69, 9.17) is 0 Å². The van der Waals surface area contributed by atoms with Crippen molar-refractivity contribution in [3.63, 3.8) is 0 Å². The van der Waals surface area contributed by atoms with E-state index in [0.717, 1.165) is 24.2 Å². The average Bonchev–Trinajstić information content (AvgIpc) is 3.43. The van der Waals surface area contributed by atoms with Crippen molar-refractivity contribution in [3.05, 3.63) is 65.3 Å². The zero-order valence-electron chi connectivity index (χ0n) is 15.5. The molecule has 0 atom stereocenters. The van der Waals surface area contributed by atoms with Crippen LogP contribution in [0.2, 0.25) is 0 Å². The number of benzene rings is 1. The lowest BCUT2D eigenvalue weighted by atomic mass is 10.2. The summed E-state index contributed by atoms with van der Waals surface area (Å²) in [6, 6.07) is 6.77. The molecule has 0 N–H and O–H groups in total. The third kappa shape index (κ3) is 3.20. The highest BCUT2D eigenvalue weighted by molar-refractivity contribution is 6.06. The van der Waals surface area contributed by atoms with Crippen LogP contribution in [0, 0.1) is 19.7 Å². The fourth-order valence-electron chi connectivity index (χ4n) is 3.16. The Morgan fingerprint density at radius 3 is 2.70 bits per heavy atom. The quantitative estimate of drug-likeness (QED) is 0.709. The van der Waals surface area contributed by atoms with E-state index in [-0.39, 0.29) is 5.91 Å². The number of hydrogen-bond donors (Lipinski definition) is 0. The lowest BCUT2D eigenvalue weighted by Gasteiger charge is -2.19. The lowest BCUT2D eigenvalue weighted by molar-refractivity contribution is 0.0991. The fourth-order valence-corrected chi connectivity index (χ4v) is 3.16. The number of carbonyl (C=O) groups excluding carboxylic acids is 1. The number of aryl methyl sites for hydroxylation is 2. The van der Waals surface area contributed by atoms with Crippen molar-refractivity contribution in [2.75, 3.05) is 11.9 Å². The van der Waals surface area contributed by atoms with Gasteiger partial charge >= 0.3 is 0 Å². The maximum atomic E-state index is 14.9. The molecule has 4 rings (SSSR count). The van der Waals surface area contributed by atoms with Crippen LogP contribution < -0.4 is 4.90 Å². The van der Waals surface area contributed by atoms with Gasteiger partial charge in [-0.2, -0.15) is 5.10 Å². The summed E-state index contributed by atoms with van der Waals surface area (Å²) in [5, 5.41) is 4.45. The van der Waals surface area contributed by atoms with E-state index in [2.05, 4.69) is 15.1 Å². The van der Waals surface area contributed by atoms with Crippen LogP contribution in [0.3, 0.4) is 0 Å². The van der Waals surface area contributed by atoms with Crippen LogP contribution in [0.25, 0.3) is 5.69 Å². The Balaban J connectivity index is 1.66. The van der Waals surface area contributed by atoms with Crippen LogP contribution in [0.5, 0.6) is 0 Å². The maximum Gasteiger partial charge on any atom is 0.261 e. The molecule has 1 saturated carbocycles. The second-order valence-electron chi connectivity index (χ2n) is 6.92. The molecule has 27 heavy (non-hydrogen) atoms. The number of amides is 1. The van der Waals surface area contributed by atoms with E-state index in [1.54, 1.807) is 30.8 Å². The van der Waals surface area contributed by atoms with E-state index < -0.39 is 5.82 Å². The normalized spacial score (nSPS) is 13.6. The van der Waals surface area contributed by atoms with Gasteiger partial charge in [0.25, 0.3) is 5.91 Å². The molecule has 0 aliphatic heterocycles. The van der Waals surface area contributed by atoms with Crippen LogP contribution in [0.15, 0.2) is 36.8 Å². The highest BCUT2D eigenvalue weighted by atomic mass is 19.1. The van der Waals surface area contributed by atoms with E-state index in [0.29, 0.717) is 28.6 Å². The summed E-state index contributed by atoms with van der Waals surface area (Å²) >= 11 is 0. The standard InChI is InChI=1S/C20H20FN5O/c1-12-8-19(14-4-5-14)26(24-12)18-7-6-15(9-17(18)21)25(3)20(27)16-10-22-11-23-13(16)2/h6-11,14H,4-5H2,1-3H3. The monoisotopic (exact) mass is 365 g/mol. The van der Waals surface area contributed by atoms with Gasteiger partial charge in [0, 0.05) is 30.5 Å². The summed E-state index contributed by atoms with van der Waals surface area (Å²) in [4.78, 5) is 22.0. The molecule has 0 bridgehead atoms. The van der Waals surface area contributed by atoms with Crippen LogP contribution >= 0.6 is 0 Å². The zero-order valence-corrected chi connectivity index (χ0v) is 15.5. The zero-order chi connectivity index (χ0) is 19.1. The van der Waals surface area contributed by atoms with Gasteiger partial charge in [0.05, 0.1) is 17.0 Å². The number of rotatable bonds is 4. The first kappa shape index (κ1) is 17.3. The second-order valence-corrected chi connectivity index (χ2v) is 6.92. The minimum absolute atomic E-state index is 0.283. The Morgan fingerprint density at radius 2 is 2.04 bits per heavy atom. The van der Waals surface area contributed by atoms with Crippen molar-refractivity contribution in [1.82, 2.24) is 19.7 Å². The largest absolute Gasteiger partial charge is 0.311 e. The molecule has 1 aliphatic carbocycles. The SMILES string of the molecule is Cc1cc(C2CC2)n(-c2ccc(N(C)C(=O)c3cncnc3C)cc2F)n1. The van der Waals surface area contributed by atoms with E-state index in [1.807, 2.05) is 13.0 Å². The molecule has 0 spiro atoms. The van der Waals surface area contributed by atoms with Gasteiger partial charge in [-0.15, -0.1) is 0 Å². The molecule has 1 fully saturated rings. The molecule has 0 radical (unpaired) electrons. The molecule has 3 aromatic rings. The minimum atomic E-state index is -0.418. The molecule has 1 aliphatic rings. The van der Waals surface area contributed by atoms with Crippen LogP contribution in [-0.4, -0.2) is 32.7 Å². The van der Waals surface area contributed by atoms with E-state index >= 15 is 0 Å². The van der Waals surface area contributed by atoms with Crippen LogP contribution in [0.4, 0.5) is 10.1 Å². The topological polar surface area (TPSA) is 63.9 Å². The Kier molecular flexibility index (Phi) is 4.22. The molecule has 0 saturated heterocycles. The van der Waals surface area contributed by atoms with Gasteiger partial charge in [-0.05, 0) is 51.0 Å². The average molecular weight is 365 g/mol. The summed E-state index contributed by atoms with van der Waals surface area (Å²) in [5.41, 5.74) is 3.74. The summed E-state index contributed by atoms with van der Waals surface area (Å²) in [6.07, 6.45) is 5.09. The number of hydrogen-bond acceptors (Lipinski definition) is 4. The number of aromatic nitrogens is 4. The van der Waals surface area contributed by atoms with Gasteiger partial charge in [0.1, 0.15) is 12.0 Å². The van der Waals surface area contributed by atoms with Gasteiger partial charge < -0.3 is 4.90 Å². The van der Waals surface area contributed by atoms with Crippen LogP contribution in [-0.2, 0) is 0 Å². The third-order valence-electron chi connectivity index (χ3n) is 4.85. The highest BCUT2D eigenvalue weighted by Crippen LogP contribution is 2.41. The third-order valence-corrected chi connectivity index (χ3v) is 4.85. The fraction of sp³-hybridized carbons (Fsp3) is 0.300. The number of nitrogens with zero attached hydrogens (tertiary/aromatic N) is 5. The molecule has 0 unspecified atom stereocenters. The van der Waals surface area contributed by atoms with Gasteiger partial charge in [0.15, 0.2) is 5.82 Å². The Bertz CT molecular complexity index is 1020. The van der Waals surface area contributed by atoms with Crippen molar-refractivity contribution in [2.24, 2.45) is 0 Å². The Morgan fingerprint density at radius 1 is 1.26 bits per heavy atom. The summed E-state index contributed by atoms with van der Waals surface area (Å²) in [6.45, 7) is 3.65. The van der Waals surface area contributed by atoms with Crippen molar-refractivity contribution < 1.29 is 9.18 Å². The second kappa shape index (κ2) is 6.57. The van der Waals surface area contributed by atoms with Crippen molar-refractivity contribution in [3.8, 4) is 5.69 Å². The minimum Gasteiger partial charge on any atom is -0.311 e. The van der Waals surface area contributed by atoms with Crippen molar-refractivity contribution in [1.29, 1.82) is 0 Å². The number of carbonyl (C=O) groups is 1. The molecule has 2 aromatic heterocycles. The Hall–Kier alpha value is -3.09. The van der Waals surface area contributed by atoms with Gasteiger partial charge in [-0.3, -0.25) is 4.79 Å². The molecule has 1 amide bonds. The van der Waals surface area contributed by atoms with Crippen molar-refractivity contribution >= 4 is 11.6 Å². The van der Waals surface area contributed by atoms with Crippen molar-refractivity contribution in [2.45, 2.75) is 32.6 Å². The van der Waals surface area contributed by atoms with E-state index in [9.17, 15) is 9.18 Å². The first-order valence-electron chi connectivity index (χ1n) is 8.87. The Labute approximate surface area is 156 Å². The smallest absolute Gasteiger partial charge is 0.261 e. The number of halogens is 1. The lowest BCUT2D eigenvalue weighted by Crippen LogP contribution is -2.27. The molecule has 138 valence electrons. The van der Waals surface area contributed by atoms with Gasteiger partial charge in [-0.25, -0.2) is 19.0 Å². The summed E-state index contributed by atoms with van der Waals surface area (Å²) < 4.78 is 16.6. The molecule has 6 nitrogen and oxygen atoms in total.